The van der Waals surface area contributed by atoms with Crippen molar-refractivity contribution in [3.8, 4) is 0 Å². The molecule has 6 nitrogen and oxygen atoms in total. The average Bonchev–Trinajstić information content (AvgIpc) is 3.13. The number of rotatable bonds is 6. The van der Waals surface area contributed by atoms with Gasteiger partial charge in [0.2, 0.25) is 0 Å². The fraction of sp³-hybridized carbons (Fsp3) is 0.750. The van der Waals surface area contributed by atoms with Gasteiger partial charge in [-0.15, -0.1) is 24.0 Å². The number of nitrogens with one attached hydrogen (secondary N) is 1. The molecule has 1 saturated heterocycles. The minimum absolute atomic E-state index is 0. The molecule has 1 aromatic rings. The van der Waals surface area contributed by atoms with Gasteiger partial charge in [0.15, 0.2) is 11.7 Å². The predicted molar refractivity (Wildman–Crippen MR) is 102 cm³/mol. The Morgan fingerprint density at radius 2 is 2.35 bits per heavy atom. The van der Waals surface area contributed by atoms with Crippen LogP contribution in [0.4, 0.5) is 0 Å². The summed E-state index contributed by atoms with van der Waals surface area (Å²) in [6, 6.07) is 2.00. The first-order valence-corrected chi connectivity index (χ1v) is 8.11. The number of nitrogens with zero attached hydrogens (tertiary/aromatic N) is 3. The number of halogens is 1. The fourth-order valence-corrected chi connectivity index (χ4v) is 2.65. The van der Waals surface area contributed by atoms with Crippen LogP contribution in [0, 0.1) is 5.92 Å². The Bertz CT molecular complexity index is 490. The summed E-state index contributed by atoms with van der Waals surface area (Å²) in [5.74, 6) is 2.73. The van der Waals surface area contributed by atoms with Crippen molar-refractivity contribution in [2.75, 3.05) is 33.4 Å². The molecule has 7 heteroatoms. The molecule has 1 aliphatic rings. The van der Waals surface area contributed by atoms with Crippen LogP contribution in [-0.2, 0) is 11.3 Å². The maximum atomic E-state index is 5.35. The molecule has 23 heavy (non-hydrogen) atoms. The lowest BCUT2D eigenvalue weighted by atomic mass is 10.1. The van der Waals surface area contributed by atoms with Crippen molar-refractivity contribution < 1.29 is 9.26 Å². The normalized spacial score (nSPS) is 18.4. The Morgan fingerprint density at radius 1 is 1.57 bits per heavy atom. The summed E-state index contributed by atoms with van der Waals surface area (Å²) in [4.78, 5) is 6.99. The Kier molecular flexibility index (Phi) is 8.90. The zero-order chi connectivity index (χ0) is 15.9. The van der Waals surface area contributed by atoms with E-state index in [9.17, 15) is 0 Å². The standard InChI is InChI=1S/C16H28N4O2.HI/c1-5-17-16(20-7-6-13(10-20)11-21-4)18-9-14-8-15(12(2)3)19-22-14;/h8,12-13H,5-7,9-11H2,1-4H3,(H,17,18);1H. The first-order chi connectivity index (χ1) is 10.6. The molecule has 2 heterocycles. The lowest BCUT2D eigenvalue weighted by Gasteiger charge is -2.21. The maximum Gasteiger partial charge on any atom is 0.194 e. The van der Waals surface area contributed by atoms with Crippen molar-refractivity contribution in [3.63, 3.8) is 0 Å². The number of aromatic nitrogens is 1. The number of likely N-dealkylation sites (tertiary alicyclic amines) is 1. The van der Waals surface area contributed by atoms with Crippen LogP contribution in [0.3, 0.4) is 0 Å². The zero-order valence-electron chi connectivity index (χ0n) is 14.5. The highest BCUT2D eigenvalue weighted by Gasteiger charge is 2.24. The monoisotopic (exact) mass is 436 g/mol. The van der Waals surface area contributed by atoms with E-state index in [-0.39, 0.29) is 24.0 Å². The molecular formula is C16H29IN4O2. The van der Waals surface area contributed by atoms with Gasteiger partial charge in [0, 0.05) is 38.7 Å². The Morgan fingerprint density at radius 3 is 2.96 bits per heavy atom. The van der Waals surface area contributed by atoms with Crippen LogP contribution >= 0.6 is 24.0 Å². The van der Waals surface area contributed by atoms with Crippen LogP contribution in [0.15, 0.2) is 15.6 Å². The molecular weight excluding hydrogens is 407 g/mol. The molecule has 1 unspecified atom stereocenters. The van der Waals surface area contributed by atoms with Gasteiger partial charge in [-0.1, -0.05) is 19.0 Å². The molecule has 0 saturated carbocycles. The molecule has 0 aromatic carbocycles. The summed E-state index contributed by atoms with van der Waals surface area (Å²) in [6.07, 6.45) is 1.15. The molecule has 0 bridgehead atoms. The number of hydrogen-bond donors (Lipinski definition) is 1. The highest BCUT2D eigenvalue weighted by atomic mass is 127. The summed E-state index contributed by atoms with van der Waals surface area (Å²) in [7, 11) is 1.76. The van der Waals surface area contributed by atoms with Crippen molar-refractivity contribution in [1.29, 1.82) is 0 Å². The second-order valence-corrected chi connectivity index (χ2v) is 6.10. The number of ether oxygens (including phenoxy) is 1. The van der Waals surface area contributed by atoms with Crippen molar-refractivity contribution in [1.82, 2.24) is 15.4 Å². The van der Waals surface area contributed by atoms with E-state index >= 15 is 0 Å². The topological polar surface area (TPSA) is 62.9 Å². The van der Waals surface area contributed by atoms with Gasteiger partial charge in [0.25, 0.3) is 0 Å². The molecule has 1 N–H and O–H groups in total. The Balaban J connectivity index is 0.00000264. The zero-order valence-corrected chi connectivity index (χ0v) is 16.9. The molecule has 1 fully saturated rings. The third-order valence-corrected chi connectivity index (χ3v) is 3.88. The molecule has 0 radical (unpaired) electrons. The molecule has 132 valence electrons. The number of hydrogen-bond acceptors (Lipinski definition) is 4. The van der Waals surface area contributed by atoms with Gasteiger partial charge in [-0.2, -0.15) is 0 Å². The van der Waals surface area contributed by atoms with Crippen LogP contribution in [-0.4, -0.2) is 49.4 Å². The average molecular weight is 436 g/mol. The third-order valence-electron chi connectivity index (χ3n) is 3.88. The van der Waals surface area contributed by atoms with E-state index in [0.29, 0.717) is 18.4 Å². The largest absolute Gasteiger partial charge is 0.384 e. The summed E-state index contributed by atoms with van der Waals surface area (Å²) in [6.45, 7) is 10.5. The van der Waals surface area contributed by atoms with E-state index in [1.165, 1.54) is 0 Å². The third kappa shape index (κ3) is 5.95. The molecule has 1 atom stereocenters. The van der Waals surface area contributed by atoms with Gasteiger partial charge in [-0.25, -0.2) is 4.99 Å². The fourth-order valence-electron chi connectivity index (χ4n) is 2.65. The smallest absolute Gasteiger partial charge is 0.194 e. The summed E-state index contributed by atoms with van der Waals surface area (Å²) in [5.41, 5.74) is 0.983. The molecule has 0 spiro atoms. The van der Waals surface area contributed by atoms with E-state index < -0.39 is 0 Å². The number of aliphatic imine (C=N–C) groups is 1. The van der Waals surface area contributed by atoms with Crippen molar-refractivity contribution in [3.05, 3.63) is 17.5 Å². The molecule has 1 aliphatic heterocycles. The van der Waals surface area contributed by atoms with Gasteiger partial charge in [-0.3, -0.25) is 0 Å². The summed E-state index contributed by atoms with van der Waals surface area (Å²) < 4.78 is 10.6. The molecule has 0 amide bonds. The summed E-state index contributed by atoms with van der Waals surface area (Å²) in [5, 5.41) is 7.44. The Hall–Kier alpha value is -0.830. The lowest BCUT2D eigenvalue weighted by molar-refractivity contribution is 0.157. The van der Waals surface area contributed by atoms with Crippen LogP contribution in [0.2, 0.25) is 0 Å². The SMILES string of the molecule is CCNC(=NCc1cc(C(C)C)no1)N1CCC(COC)C1.I. The first-order valence-electron chi connectivity index (χ1n) is 8.11. The van der Waals surface area contributed by atoms with E-state index in [2.05, 4.69) is 41.1 Å². The second kappa shape index (κ2) is 10.1. The predicted octanol–water partition coefficient (Wildman–Crippen LogP) is 2.85. The van der Waals surface area contributed by atoms with Crippen LogP contribution in [0.5, 0.6) is 0 Å². The number of methoxy groups -OCH3 is 1. The van der Waals surface area contributed by atoms with E-state index in [1.807, 2.05) is 6.07 Å². The maximum absolute atomic E-state index is 5.35. The van der Waals surface area contributed by atoms with Crippen molar-refractivity contribution in [2.24, 2.45) is 10.9 Å². The van der Waals surface area contributed by atoms with Gasteiger partial charge >= 0.3 is 0 Å². The van der Waals surface area contributed by atoms with Gasteiger partial charge in [0.1, 0.15) is 6.54 Å². The molecule has 0 aliphatic carbocycles. The van der Waals surface area contributed by atoms with Crippen molar-refractivity contribution >= 4 is 29.9 Å². The summed E-state index contributed by atoms with van der Waals surface area (Å²) >= 11 is 0. The van der Waals surface area contributed by atoms with Gasteiger partial charge in [-0.05, 0) is 19.3 Å². The van der Waals surface area contributed by atoms with Crippen LogP contribution in [0.1, 0.15) is 44.6 Å². The van der Waals surface area contributed by atoms with Crippen LogP contribution in [0.25, 0.3) is 0 Å². The minimum atomic E-state index is 0. The van der Waals surface area contributed by atoms with Crippen LogP contribution < -0.4 is 5.32 Å². The highest BCUT2D eigenvalue weighted by Crippen LogP contribution is 2.17. The highest BCUT2D eigenvalue weighted by molar-refractivity contribution is 14.0. The quantitative estimate of drug-likeness (QED) is 0.422. The molecule has 1 aromatic heterocycles. The second-order valence-electron chi connectivity index (χ2n) is 6.10. The minimum Gasteiger partial charge on any atom is -0.384 e. The van der Waals surface area contributed by atoms with E-state index in [1.54, 1.807) is 7.11 Å². The Labute approximate surface area is 156 Å². The van der Waals surface area contributed by atoms with Gasteiger partial charge < -0.3 is 19.5 Å². The van der Waals surface area contributed by atoms with E-state index in [4.69, 9.17) is 9.26 Å². The van der Waals surface area contributed by atoms with E-state index in [0.717, 1.165) is 50.1 Å². The first kappa shape index (κ1) is 20.2. The molecule has 2 rings (SSSR count). The number of guanidine groups is 1. The lowest BCUT2D eigenvalue weighted by Crippen LogP contribution is -2.40. The van der Waals surface area contributed by atoms with Gasteiger partial charge in [0.05, 0.1) is 12.3 Å². The van der Waals surface area contributed by atoms with Crippen molar-refractivity contribution in [2.45, 2.75) is 39.7 Å².